The van der Waals surface area contributed by atoms with Gasteiger partial charge in [0.2, 0.25) is 0 Å². The van der Waals surface area contributed by atoms with E-state index in [1.165, 1.54) is 5.69 Å². The van der Waals surface area contributed by atoms with Gasteiger partial charge in [0.1, 0.15) is 0 Å². The van der Waals surface area contributed by atoms with Crippen LogP contribution in [0.25, 0.3) is 0 Å². The van der Waals surface area contributed by atoms with Crippen molar-refractivity contribution in [2.24, 2.45) is 0 Å². The van der Waals surface area contributed by atoms with Gasteiger partial charge in [-0.25, -0.2) is 0 Å². The second-order valence-corrected chi connectivity index (χ2v) is 4.56. The molecule has 1 aromatic rings. The number of rotatable bonds is 2. The first-order valence-electron chi connectivity index (χ1n) is 6.03. The number of methoxy groups -OCH3 is 1. The Morgan fingerprint density at radius 3 is 2.94 bits per heavy atom. The van der Waals surface area contributed by atoms with Crippen molar-refractivity contribution in [3.8, 4) is 6.07 Å². The number of anilines is 1. The zero-order valence-electron chi connectivity index (χ0n) is 10.4. The Morgan fingerprint density at radius 1 is 1.47 bits per heavy atom. The molecule has 1 atom stereocenters. The highest BCUT2D eigenvalue weighted by atomic mass is 16.5. The molecule has 0 aromatic heterocycles. The highest BCUT2D eigenvalue weighted by Crippen LogP contribution is 2.23. The Labute approximate surface area is 103 Å². The molecule has 2 rings (SSSR count). The van der Waals surface area contributed by atoms with Crippen molar-refractivity contribution in [1.29, 1.82) is 5.26 Å². The molecular formula is C14H18N2O. The lowest BCUT2D eigenvalue weighted by molar-refractivity contribution is 0.0893. The molecule has 1 aromatic carbocycles. The van der Waals surface area contributed by atoms with Crippen molar-refractivity contribution in [3.63, 3.8) is 0 Å². The Morgan fingerprint density at radius 2 is 2.29 bits per heavy atom. The third-order valence-corrected chi connectivity index (χ3v) is 3.41. The molecule has 90 valence electrons. The number of nitrogens with zero attached hydrogens (tertiary/aromatic N) is 2. The largest absolute Gasteiger partial charge is 0.380 e. The van der Waals surface area contributed by atoms with E-state index in [0.29, 0.717) is 6.10 Å². The van der Waals surface area contributed by atoms with E-state index in [1.807, 2.05) is 19.1 Å². The van der Waals surface area contributed by atoms with Gasteiger partial charge in [-0.1, -0.05) is 0 Å². The Kier molecular flexibility index (Phi) is 3.65. The molecule has 17 heavy (non-hydrogen) atoms. The molecule has 0 N–H and O–H groups in total. The molecule has 0 spiro atoms. The van der Waals surface area contributed by atoms with Gasteiger partial charge in [-0.15, -0.1) is 0 Å². The van der Waals surface area contributed by atoms with Crippen molar-refractivity contribution in [1.82, 2.24) is 0 Å². The van der Waals surface area contributed by atoms with Gasteiger partial charge in [0.15, 0.2) is 0 Å². The number of nitriles is 1. The maximum atomic E-state index is 8.92. The molecule has 1 fully saturated rings. The van der Waals surface area contributed by atoms with E-state index >= 15 is 0 Å². The average molecular weight is 230 g/mol. The summed E-state index contributed by atoms with van der Waals surface area (Å²) in [6.45, 7) is 4.01. The molecule has 0 amide bonds. The summed E-state index contributed by atoms with van der Waals surface area (Å²) in [4.78, 5) is 2.34. The fraction of sp³-hybridized carbons (Fsp3) is 0.500. The van der Waals surface area contributed by atoms with Crippen LogP contribution < -0.4 is 4.90 Å². The molecule has 0 bridgehead atoms. The summed E-state index contributed by atoms with van der Waals surface area (Å²) in [6, 6.07) is 8.23. The fourth-order valence-electron chi connectivity index (χ4n) is 2.34. The second-order valence-electron chi connectivity index (χ2n) is 4.56. The van der Waals surface area contributed by atoms with Crippen molar-refractivity contribution in [2.45, 2.75) is 25.9 Å². The van der Waals surface area contributed by atoms with E-state index in [9.17, 15) is 0 Å². The summed E-state index contributed by atoms with van der Waals surface area (Å²) in [5, 5.41) is 8.92. The first-order valence-corrected chi connectivity index (χ1v) is 6.03. The molecule has 0 saturated carbocycles. The van der Waals surface area contributed by atoms with Crippen LogP contribution in [0.5, 0.6) is 0 Å². The number of benzene rings is 1. The average Bonchev–Trinajstić information content (AvgIpc) is 2.38. The molecule has 3 heteroatoms. The van der Waals surface area contributed by atoms with E-state index in [-0.39, 0.29) is 0 Å². The van der Waals surface area contributed by atoms with Crippen LogP contribution in [0.4, 0.5) is 5.69 Å². The van der Waals surface area contributed by atoms with Crippen LogP contribution in [-0.4, -0.2) is 26.3 Å². The van der Waals surface area contributed by atoms with Crippen molar-refractivity contribution >= 4 is 5.69 Å². The number of hydrogen-bond acceptors (Lipinski definition) is 3. The minimum atomic E-state index is 0.333. The van der Waals surface area contributed by atoms with Crippen LogP contribution in [-0.2, 0) is 4.74 Å². The molecule has 1 aliphatic rings. The maximum absolute atomic E-state index is 8.92. The highest BCUT2D eigenvalue weighted by Gasteiger charge is 2.19. The van der Waals surface area contributed by atoms with Gasteiger partial charge >= 0.3 is 0 Å². The Hall–Kier alpha value is -1.53. The summed E-state index contributed by atoms with van der Waals surface area (Å²) >= 11 is 0. The molecule has 3 nitrogen and oxygen atoms in total. The van der Waals surface area contributed by atoms with Gasteiger partial charge in [0, 0.05) is 25.9 Å². The van der Waals surface area contributed by atoms with E-state index in [4.69, 9.17) is 10.00 Å². The number of piperidine rings is 1. The highest BCUT2D eigenvalue weighted by molar-refractivity contribution is 5.53. The van der Waals surface area contributed by atoms with Crippen LogP contribution in [0.3, 0.4) is 0 Å². The van der Waals surface area contributed by atoms with Crippen LogP contribution in [0.2, 0.25) is 0 Å². The lowest BCUT2D eigenvalue weighted by Gasteiger charge is -2.33. The summed E-state index contributed by atoms with van der Waals surface area (Å²) in [5.74, 6) is 0. The summed E-state index contributed by atoms with van der Waals surface area (Å²) < 4.78 is 5.42. The van der Waals surface area contributed by atoms with Crippen LogP contribution in [0.15, 0.2) is 18.2 Å². The summed E-state index contributed by atoms with van der Waals surface area (Å²) in [7, 11) is 1.78. The zero-order chi connectivity index (χ0) is 12.3. The Balaban J connectivity index is 2.17. The lowest BCUT2D eigenvalue weighted by Crippen LogP contribution is -2.39. The van der Waals surface area contributed by atoms with E-state index < -0.39 is 0 Å². The minimum absolute atomic E-state index is 0.333. The van der Waals surface area contributed by atoms with Gasteiger partial charge < -0.3 is 9.64 Å². The Bertz CT molecular complexity index is 436. The van der Waals surface area contributed by atoms with Gasteiger partial charge in [-0.05, 0) is 43.5 Å². The molecule has 1 unspecified atom stereocenters. The van der Waals surface area contributed by atoms with Crippen molar-refractivity contribution < 1.29 is 4.74 Å². The van der Waals surface area contributed by atoms with Gasteiger partial charge in [-0.2, -0.15) is 5.26 Å². The number of aryl methyl sites for hydroxylation is 1. The quantitative estimate of drug-likeness (QED) is 0.783. The minimum Gasteiger partial charge on any atom is -0.380 e. The van der Waals surface area contributed by atoms with Gasteiger partial charge in [0.05, 0.1) is 17.7 Å². The number of ether oxygens (including phenoxy) is 1. The van der Waals surface area contributed by atoms with Gasteiger partial charge in [0.25, 0.3) is 0 Å². The standard InChI is InChI=1S/C14H18N2O/c1-11-8-13(6-5-12(11)9-15)16-7-3-4-14(10-16)17-2/h5-6,8,14H,3-4,7,10H2,1-2H3. The van der Waals surface area contributed by atoms with Crippen molar-refractivity contribution in [3.05, 3.63) is 29.3 Å². The normalized spacial score (nSPS) is 20.1. The SMILES string of the molecule is COC1CCCN(c2ccc(C#N)c(C)c2)C1. The van der Waals surface area contributed by atoms with Gasteiger partial charge in [-0.3, -0.25) is 0 Å². The summed E-state index contributed by atoms with van der Waals surface area (Å²) in [6.07, 6.45) is 2.64. The monoisotopic (exact) mass is 230 g/mol. The lowest BCUT2D eigenvalue weighted by atomic mass is 10.0. The third kappa shape index (κ3) is 2.59. The van der Waals surface area contributed by atoms with Crippen LogP contribution in [0.1, 0.15) is 24.0 Å². The maximum Gasteiger partial charge on any atom is 0.0994 e. The zero-order valence-corrected chi connectivity index (χ0v) is 10.4. The topological polar surface area (TPSA) is 36.3 Å². The molecule has 1 aliphatic heterocycles. The smallest absolute Gasteiger partial charge is 0.0994 e. The summed E-state index contributed by atoms with van der Waals surface area (Å²) in [5.41, 5.74) is 3.00. The van der Waals surface area contributed by atoms with Crippen LogP contribution in [0, 0.1) is 18.3 Å². The molecule has 1 saturated heterocycles. The predicted molar refractivity (Wildman–Crippen MR) is 68.1 cm³/mol. The van der Waals surface area contributed by atoms with E-state index in [0.717, 1.165) is 37.1 Å². The second kappa shape index (κ2) is 5.20. The molecule has 1 heterocycles. The first kappa shape index (κ1) is 11.9. The van der Waals surface area contributed by atoms with Crippen LogP contribution >= 0.6 is 0 Å². The number of hydrogen-bond donors (Lipinski definition) is 0. The predicted octanol–water partition coefficient (Wildman–Crippen LogP) is 2.48. The third-order valence-electron chi connectivity index (χ3n) is 3.41. The molecular weight excluding hydrogens is 212 g/mol. The molecule has 0 radical (unpaired) electrons. The van der Waals surface area contributed by atoms with E-state index in [1.54, 1.807) is 7.11 Å². The van der Waals surface area contributed by atoms with E-state index in [2.05, 4.69) is 17.0 Å². The first-order chi connectivity index (χ1) is 8.24. The van der Waals surface area contributed by atoms with Crippen molar-refractivity contribution in [2.75, 3.05) is 25.1 Å². The fourth-order valence-corrected chi connectivity index (χ4v) is 2.34. The molecule has 0 aliphatic carbocycles.